The summed E-state index contributed by atoms with van der Waals surface area (Å²) in [7, 11) is 3.17. The summed E-state index contributed by atoms with van der Waals surface area (Å²) in [6, 6.07) is 9.23. The number of benzene rings is 1. The lowest BCUT2D eigenvalue weighted by Crippen LogP contribution is -2.33. The molecule has 1 aromatic carbocycles. The summed E-state index contributed by atoms with van der Waals surface area (Å²) in [5, 5.41) is 12.5. The molecule has 0 aliphatic carbocycles. The molecule has 3 aromatic rings. The fourth-order valence-corrected chi connectivity index (χ4v) is 4.38. The third-order valence-electron chi connectivity index (χ3n) is 5.88. The summed E-state index contributed by atoms with van der Waals surface area (Å²) in [6.45, 7) is 3.22. The van der Waals surface area contributed by atoms with Gasteiger partial charge in [0.15, 0.2) is 5.65 Å². The van der Waals surface area contributed by atoms with Crippen LogP contribution in [0, 0.1) is 11.8 Å². The second-order valence-corrected chi connectivity index (χ2v) is 7.53. The molecule has 2 fully saturated rings. The van der Waals surface area contributed by atoms with Gasteiger partial charge in [-0.15, -0.1) is 15.3 Å². The van der Waals surface area contributed by atoms with Crippen LogP contribution in [0.15, 0.2) is 36.7 Å². The molecule has 0 spiro atoms. The molecule has 2 unspecified atom stereocenters. The maximum atomic E-state index is 13.1. The highest BCUT2D eigenvalue weighted by molar-refractivity contribution is 5.97. The zero-order valence-corrected chi connectivity index (χ0v) is 16.4. The van der Waals surface area contributed by atoms with E-state index >= 15 is 0 Å². The van der Waals surface area contributed by atoms with Crippen LogP contribution >= 0.6 is 0 Å². The van der Waals surface area contributed by atoms with Gasteiger partial charge in [-0.1, -0.05) is 0 Å². The first-order chi connectivity index (χ1) is 14.2. The first-order valence-corrected chi connectivity index (χ1v) is 9.59. The molecular weight excluding hydrogens is 372 g/mol. The Labute approximate surface area is 167 Å². The van der Waals surface area contributed by atoms with E-state index in [1.165, 1.54) is 0 Å². The number of ether oxygens (including phenoxy) is 2. The number of amides is 1. The normalized spacial score (nSPS) is 20.9. The van der Waals surface area contributed by atoms with E-state index in [2.05, 4.69) is 20.2 Å². The van der Waals surface area contributed by atoms with E-state index in [0.29, 0.717) is 28.9 Å². The summed E-state index contributed by atoms with van der Waals surface area (Å²) in [6.07, 6.45) is 1.61. The highest BCUT2D eigenvalue weighted by Crippen LogP contribution is 2.35. The van der Waals surface area contributed by atoms with Crippen LogP contribution < -0.4 is 14.4 Å². The lowest BCUT2D eigenvalue weighted by molar-refractivity contribution is 0.0779. The van der Waals surface area contributed by atoms with Gasteiger partial charge in [0.2, 0.25) is 0 Å². The van der Waals surface area contributed by atoms with Crippen molar-refractivity contribution in [2.45, 2.75) is 0 Å². The van der Waals surface area contributed by atoms with Gasteiger partial charge in [0.05, 0.1) is 19.8 Å². The number of rotatable bonds is 4. The van der Waals surface area contributed by atoms with Gasteiger partial charge in [-0.05, 0) is 30.3 Å². The van der Waals surface area contributed by atoms with Crippen molar-refractivity contribution in [3.63, 3.8) is 0 Å². The first-order valence-electron chi connectivity index (χ1n) is 9.59. The van der Waals surface area contributed by atoms with Crippen molar-refractivity contribution in [2.24, 2.45) is 11.8 Å². The predicted molar refractivity (Wildman–Crippen MR) is 105 cm³/mol. The molecule has 0 N–H and O–H groups in total. The number of nitrogens with zero attached hydrogens (tertiary/aromatic N) is 6. The molecule has 29 heavy (non-hydrogen) atoms. The van der Waals surface area contributed by atoms with Crippen molar-refractivity contribution in [1.82, 2.24) is 24.7 Å². The lowest BCUT2D eigenvalue weighted by Gasteiger charge is -2.23. The second kappa shape index (κ2) is 6.91. The molecule has 4 heterocycles. The zero-order chi connectivity index (χ0) is 20.0. The quantitative estimate of drug-likeness (QED) is 0.660. The minimum absolute atomic E-state index is 0.00858. The fourth-order valence-electron chi connectivity index (χ4n) is 4.38. The van der Waals surface area contributed by atoms with E-state index in [4.69, 9.17) is 9.47 Å². The molecule has 0 bridgehead atoms. The van der Waals surface area contributed by atoms with Crippen LogP contribution in [0.25, 0.3) is 5.65 Å². The topological polar surface area (TPSA) is 85.1 Å². The van der Waals surface area contributed by atoms with Gasteiger partial charge >= 0.3 is 0 Å². The van der Waals surface area contributed by atoms with Crippen LogP contribution in [0.5, 0.6) is 11.5 Å². The molecule has 1 amide bonds. The molecule has 2 aromatic heterocycles. The Kier molecular flexibility index (Phi) is 4.22. The van der Waals surface area contributed by atoms with Gasteiger partial charge in [-0.25, -0.2) is 0 Å². The van der Waals surface area contributed by atoms with Crippen LogP contribution in [0.4, 0.5) is 5.82 Å². The van der Waals surface area contributed by atoms with Crippen LogP contribution in [0.1, 0.15) is 10.4 Å². The van der Waals surface area contributed by atoms with Crippen molar-refractivity contribution in [2.75, 3.05) is 45.3 Å². The van der Waals surface area contributed by atoms with Crippen molar-refractivity contribution in [1.29, 1.82) is 0 Å². The average Bonchev–Trinajstić information content (AvgIpc) is 3.46. The van der Waals surface area contributed by atoms with E-state index in [1.807, 2.05) is 17.0 Å². The standard InChI is InChI=1S/C20H22N6O3/c1-28-15-3-4-17(29-2)16(7-15)20(27)25-10-13-8-24(9-14(13)11-25)19-6-5-18-22-21-12-26(18)23-19/h3-7,12-14H,8-11H2,1-2H3. The number of carbonyl (C=O) groups excluding carboxylic acids is 1. The highest BCUT2D eigenvalue weighted by Gasteiger charge is 2.42. The Bertz CT molecular complexity index is 1050. The van der Waals surface area contributed by atoms with Crippen molar-refractivity contribution < 1.29 is 14.3 Å². The minimum Gasteiger partial charge on any atom is -0.497 e. The lowest BCUT2D eigenvalue weighted by atomic mass is 10.0. The van der Waals surface area contributed by atoms with Crippen LogP contribution in [-0.4, -0.2) is 71.0 Å². The van der Waals surface area contributed by atoms with Gasteiger partial charge < -0.3 is 19.3 Å². The second-order valence-electron chi connectivity index (χ2n) is 7.53. The maximum Gasteiger partial charge on any atom is 0.257 e. The highest BCUT2D eigenvalue weighted by atomic mass is 16.5. The van der Waals surface area contributed by atoms with Gasteiger partial charge in [-0.2, -0.15) is 4.52 Å². The third kappa shape index (κ3) is 3.02. The maximum absolute atomic E-state index is 13.1. The number of fused-ring (bicyclic) bond motifs is 2. The van der Waals surface area contributed by atoms with E-state index in [0.717, 1.165) is 37.6 Å². The summed E-state index contributed by atoms with van der Waals surface area (Å²) in [5.74, 6) is 2.98. The Morgan fingerprint density at radius 2 is 1.83 bits per heavy atom. The SMILES string of the molecule is COc1ccc(OC)c(C(=O)N2CC3CN(c4ccc5nncn5n4)CC3C2)c1. The van der Waals surface area contributed by atoms with Crippen molar-refractivity contribution in [3.8, 4) is 11.5 Å². The van der Waals surface area contributed by atoms with Gasteiger partial charge in [-0.3, -0.25) is 4.79 Å². The monoisotopic (exact) mass is 394 g/mol. The Balaban J connectivity index is 1.30. The van der Waals surface area contributed by atoms with E-state index < -0.39 is 0 Å². The number of aromatic nitrogens is 4. The smallest absolute Gasteiger partial charge is 0.257 e. The molecule has 150 valence electrons. The Morgan fingerprint density at radius 1 is 1.03 bits per heavy atom. The van der Waals surface area contributed by atoms with Crippen LogP contribution in [-0.2, 0) is 0 Å². The van der Waals surface area contributed by atoms with E-state index in [-0.39, 0.29) is 5.91 Å². The number of hydrogen-bond donors (Lipinski definition) is 0. The molecule has 2 aliphatic rings. The summed E-state index contributed by atoms with van der Waals surface area (Å²) < 4.78 is 12.4. The zero-order valence-electron chi connectivity index (χ0n) is 16.4. The Hall–Kier alpha value is -3.36. The molecule has 2 atom stereocenters. The molecule has 2 saturated heterocycles. The molecular formula is C20H22N6O3. The largest absolute Gasteiger partial charge is 0.497 e. The summed E-state index contributed by atoms with van der Waals surface area (Å²) in [4.78, 5) is 17.4. The first kappa shape index (κ1) is 17.7. The third-order valence-corrected chi connectivity index (χ3v) is 5.88. The molecule has 0 saturated carbocycles. The van der Waals surface area contributed by atoms with Gasteiger partial charge in [0.1, 0.15) is 23.6 Å². The van der Waals surface area contributed by atoms with Crippen molar-refractivity contribution >= 4 is 17.4 Å². The Morgan fingerprint density at radius 3 is 2.55 bits per heavy atom. The number of methoxy groups -OCH3 is 2. The number of likely N-dealkylation sites (tertiary alicyclic amines) is 1. The van der Waals surface area contributed by atoms with E-state index in [9.17, 15) is 4.79 Å². The number of carbonyl (C=O) groups is 1. The number of anilines is 1. The van der Waals surface area contributed by atoms with E-state index in [1.54, 1.807) is 43.3 Å². The van der Waals surface area contributed by atoms with Crippen LogP contribution in [0.3, 0.4) is 0 Å². The van der Waals surface area contributed by atoms with Gasteiger partial charge in [0, 0.05) is 38.0 Å². The number of hydrogen-bond acceptors (Lipinski definition) is 7. The predicted octanol–water partition coefficient (Wildman–Crippen LogP) is 1.35. The molecule has 9 heteroatoms. The minimum atomic E-state index is -0.00858. The average molecular weight is 394 g/mol. The van der Waals surface area contributed by atoms with Crippen molar-refractivity contribution in [3.05, 3.63) is 42.2 Å². The van der Waals surface area contributed by atoms with Gasteiger partial charge in [0.25, 0.3) is 5.91 Å². The van der Waals surface area contributed by atoms with Crippen LogP contribution in [0.2, 0.25) is 0 Å². The molecule has 2 aliphatic heterocycles. The molecule has 0 radical (unpaired) electrons. The molecule has 9 nitrogen and oxygen atoms in total. The fraction of sp³-hybridized carbons (Fsp3) is 0.400. The molecule has 5 rings (SSSR count). The summed E-state index contributed by atoms with van der Waals surface area (Å²) >= 11 is 0. The summed E-state index contributed by atoms with van der Waals surface area (Å²) in [5.41, 5.74) is 1.28.